The summed E-state index contributed by atoms with van der Waals surface area (Å²) >= 11 is 0. The van der Waals surface area contributed by atoms with E-state index in [0.29, 0.717) is 45.4 Å². The maximum absolute atomic E-state index is 13.1. The zero-order valence-corrected chi connectivity index (χ0v) is 17.0. The van der Waals surface area contributed by atoms with E-state index in [1.807, 2.05) is 11.9 Å². The molecule has 1 atom stereocenters. The van der Waals surface area contributed by atoms with Crippen LogP contribution in [0.4, 0.5) is 4.39 Å². The highest BCUT2D eigenvalue weighted by atomic mass is 19.1. The van der Waals surface area contributed by atoms with Crippen molar-refractivity contribution in [2.45, 2.75) is 38.0 Å². The topological polar surface area (TPSA) is 98.6 Å². The van der Waals surface area contributed by atoms with E-state index in [-0.39, 0.29) is 18.3 Å². The summed E-state index contributed by atoms with van der Waals surface area (Å²) in [5, 5.41) is 11.1. The number of aromatic nitrogens is 2. The normalized spacial score (nSPS) is 19.7. The molecule has 0 radical (unpaired) electrons. The Kier molecular flexibility index (Phi) is 6.84. The smallest absolute Gasteiger partial charge is 0.328 e. The standard InChI is InChI=1S/C21H27FN4O4/c1-24(13-16-3-5-17(22)6-4-16)15-21(30)8-2-10-25(12-9-21)19(28)14-26-11-7-18(27)23-20(26)29/h3-7,11,30H,2,8-10,12-15H2,1H3,(H,23,27,29)/t21-/m1/s1. The number of nitrogens with one attached hydrogen (secondary N) is 1. The average Bonchev–Trinajstić information content (AvgIpc) is 2.87. The lowest BCUT2D eigenvalue weighted by molar-refractivity contribution is -0.132. The molecule has 3 rings (SSSR count). The molecule has 1 aliphatic rings. The Balaban J connectivity index is 1.56. The molecule has 0 spiro atoms. The number of amides is 1. The van der Waals surface area contributed by atoms with Crippen LogP contribution in [0.3, 0.4) is 0 Å². The van der Waals surface area contributed by atoms with Crippen molar-refractivity contribution in [2.24, 2.45) is 0 Å². The Labute approximate surface area is 173 Å². The molecule has 0 unspecified atom stereocenters. The van der Waals surface area contributed by atoms with Crippen LogP contribution in [0, 0.1) is 5.82 Å². The van der Waals surface area contributed by atoms with Crippen LogP contribution in [-0.4, -0.2) is 62.6 Å². The number of aromatic amines is 1. The van der Waals surface area contributed by atoms with E-state index < -0.39 is 16.9 Å². The molecule has 1 aromatic heterocycles. The van der Waals surface area contributed by atoms with E-state index in [1.165, 1.54) is 24.4 Å². The van der Waals surface area contributed by atoms with Gasteiger partial charge in [-0.3, -0.25) is 24.0 Å². The fourth-order valence-electron chi connectivity index (χ4n) is 3.86. The summed E-state index contributed by atoms with van der Waals surface area (Å²) in [7, 11) is 1.90. The van der Waals surface area contributed by atoms with Gasteiger partial charge in [0.1, 0.15) is 12.4 Å². The molecule has 1 saturated heterocycles. The number of halogens is 1. The third-order valence-corrected chi connectivity index (χ3v) is 5.40. The number of nitrogens with zero attached hydrogens (tertiary/aromatic N) is 3. The number of hydrogen-bond acceptors (Lipinski definition) is 5. The molecule has 1 amide bonds. The fraction of sp³-hybridized carbons (Fsp3) is 0.476. The van der Waals surface area contributed by atoms with E-state index >= 15 is 0 Å². The van der Waals surface area contributed by atoms with Crippen molar-refractivity contribution in [1.82, 2.24) is 19.4 Å². The molecule has 162 valence electrons. The first-order valence-electron chi connectivity index (χ1n) is 9.97. The molecule has 30 heavy (non-hydrogen) atoms. The van der Waals surface area contributed by atoms with E-state index in [4.69, 9.17) is 0 Å². The lowest BCUT2D eigenvalue weighted by atomic mass is 9.94. The molecule has 0 aliphatic carbocycles. The van der Waals surface area contributed by atoms with Crippen LogP contribution < -0.4 is 11.2 Å². The van der Waals surface area contributed by atoms with Gasteiger partial charge in [0, 0.05) is 38.4 Å². The summed E-state index contributed by atoms with van der Waals surface area (Å²) in [6, 6.07) is 7.48. The Morgan fingerprint density at radius 1 is 1.20 bits per heavy atom. The molecule has 1 aliphatic heterocycles. The van der Waals surface area contributed by atoms with Crippen LogP contribution in [0.25, 0.3) is 0 Å². The number of aliphatic hydroxyl groups is 1. The maximum atomic E-state index is 13.1. The van der Waals surface area contributed by atoms with Gasteiger partial charge in [0.05, 0.1) is 5.60 Å². The van der Waals surface area contributed by atoms with Crippen molar-refractivity contribution < 1.29 is 14.3 Å². The minimum atomic E-state index is -0.932. The van der Waals surface area contributed by atoms with Gasteiger partial charge in [0.2, 0.25) is 5.91 Å². The van der Waals surface area contributed by atoms with Gasteiger partial charge in [-0.1, -0.05) is 12.1 Å². The van der Waals surface area contributed by atoms with Crippen LogP contribution in [0.5, 0.6) is 0 Å². The Morgan fingerprint density at radius 2 is 1.93 bits per heavy atom. The third-order valence-electron chi connectivity index (χ3n) is 5.40. The number of likely N-dealkylation sites (N-methyl/N-ethyl adjacent to an activating group) is 1. The predicted octanol–water partition coefficient (Wildman–Crippen LogP) is 0.551. The van der Waals surface area contributed by atoms with Crippen molar-refractivity contribution in [3.8, 4) is 0 Å². The molecule has 1 aromatic carbocycles. The highest BCUT2D eigenvalue weighted by Gasteiger charge is 2.32. The van der Waals surface area contributed by atoms with E-state index in [0.717, 1.165) is 10.1 Å². The molecular weight excluding hydrogens is 391 g/mol. The molecular formula is C21H27FN4O4. The van der Waals surface area contributed by atoms with Gasteiger partial charge in [-0.05, 0) is 44.0 Å². The fourth-order valence-corrected chi connectivity index (χ4v) is 3.86. The second-order valence-corrected chi connectivity index (χ2v) is 8.00. The lowest BCUT2D eigenvalue weighted by Gasteiger charge is -2.31. The highest BCUT2D eigenvalue weighted by molar-refractivity contribution is 5.76. The monoisotopic (exact) mass is 418 g/mol. The third kappa shape index (κ3) is 5.87. The average molecular weight is 418 g/mol. The maximum Gasteiger partial charge on any atom is 0.328 e. The summed E-state index contributed by atoms with van der Waals surface area (Å²) in [4.78, 5) is 41.3. The first-order chi connectivity index (χ1) is 14.2. The van der Waals surface area contributed by atoms with Crippen LogP contribution in [0.2, 0.25) is 0 Å². The number of hydrogen-bond donors (Lipinski definition) is 2. The zero-order chi connectivity index (χ0) is 21.7. The van der Waals surface area contributed by atoms with Gasteiger partial charge in [-0.2, -0.15) is 0 Å². The first kappa shape index (κ1) is 21.9. The van der Waals surface area contributed by atoms with E-state index in [1.54, 1.807) is 17.0 Å². The molecule has 9 heteroatoms. The van der Waals surface area contributed by atoms with Crippen LogP contribution in [0.1, 0.15) is 24.8 Å². The molecule has 0 saturated carbocycles. The second kappa shape index (κ2) is 9.36. The van der Waals surface area contributed by atoms with E-state index in [2.05, 4.69) is 4.98 Å². The minimum Gasteiger partial charge on any atom is -0.388 e. The van der Waals surface area contributed by atoms with Gasteiger partial charge in [-0.15, -0.1) is 0 Å². The van der Waals surface area contributed by atoms with Crippen molar-refractivity contribution in [2.75, 3.05) is 26.7 Å². The van der Waals surface area contributed by atoms with Gasteiger partial charge in [0.25, 0.3) is 5.56 Å². The Morgan fingerprint density at radius 3 is 2.63 bits per heavy atom. The number of likely N-dealkylation sites (tertiary alicyclic amines) is 1. The summed E-state index contributed by atoms with van der Waals surface area (Å²) in [6.45, 7) is 1.75. The summed E-state index contributed by atoms with van der Waals surface area (Å²) < 4.78 is 14.2. The number of benzene rings is 1. The van der Waals surface area contributed by atoms with Gasteiger partial charge < -0.3 is 10.0 Å². The van der Waals surface area contributed by atoms with Crippen molar-refractivity contribution in [3.63, 3.8) is 0 Å². The first-order valence-corrected chi connectivity index (χ1v) is 9.97. The van der Waals surface area contributed by atoms with E-state index in [9.17, 15) is 23.9 Å². The van der Waals surface area contributed by atoms with Crippen molar-refractivity contribution in [1.29, 1.82) is 0 Å². The molecule has 2 heterocycles. The van der Waals surface area contributed by atoms with Gasteiger partial charge in [0.15, 0.2) is 0 Å². The highest BCUT2D eigenvalue weighted by Crippen LogP contribution is 2.24. The predicted molar refractivity (Wildman–Crippen MR) is 109 cm³/mol. The summed E-state index contributed by atoms with van der Waals surface area (Å²) in [5.74, 6) is -0.509. The molecule has 1 fully saturated rings. The van der Waals surface area contributed by atoms with Crippen LogP contribution in [0.15, 0.2) is 46.1 Å². The second-order valence-electron chi connectivity index (χ2n) is 8.00. The molecule has 2 N–H and O–H groups in total. The molecule has 0 bridgehead atoms. The number of rotatable bonds is 6. The number of carbonyl (C=O) groups is 1. The lowest BCUT2D eigenvalue weighted by Crippen LogP contribution is -2.43. The van der Waals surface area contributed by atoms with Crippen molar-refractivity contribution >= 4 is 5.91 Å². The number of H-pyrrole nitrogens is 1. The Bertz CT molecular complexity index is 987. The van der Waals surface area contributed by atoms with Crippen LogP contribution in [-0.2, 0) is 17.9 Å². The summed E-state index contributed by atoms with van der Waals surface area (Å²) in [5.41, 5.74) is -1.10. The van der Waals surface area contributed by atoms with Crippen molar-refractivity contribution in [3.05, 3.63) is 68.7 Å². The Hall–Kier alpha value is -2.78. The number of carbonyl (C=O) groups excluding carboxylic acids is 1. The minimum absolute atomic E-state index is 0.154. The SMILES string of the molecule is CN(Cc1ccc(F)cc1)C[C@@]1(O)CCCN(C(=O)Cn2ccc(=O)[nH]c2=O)CC1. The largest absolute Gasteiger partial charge is 0.388 e. The summed E-state index contributed by atoms with van der Waals surface area (Å²) in [6.07, 6.45) is 2.93. The quantitative estimate of drug-likeness (QED) is 0.714. The van der Waals surface area contributed by atoms with Crippen LogP contribution >= 0.6 is 0 Å². The zero-order valence-electron chi connectivity index (χ0n) is 17.0. The molecule has 2 aromatic rings. The van der Waals surface area contributed by atoms with Gasteiger partial charge >= 0.3 is 5.69 Å². The molecule has 8 nitrogen and oxygen atoms in total. The van der Waals surface area contributed by atoms with Gasteiger partial charge in [-0.25, -0.2) is 9.18 Å².